The fourth-order valence-electron chi connectivity index (χ4n) is 2.44. The van der Waals surface area contributed by atoms with Gasteiger partial charge in [-0.05, 0) is 45.4 Å². The van der Waals surface area contributed by atoms with E-state index in [1.807, 2.05) is 26.8 Å². The van der Waals surface area contributed by atoms with Gasteiger partial charge in [-0.25, -0.2) is 9.18 Å². The van der Waals surface area contributed by atoms with Crippen LogP contribution in [0.1, 0.15) is 42.9 Å². The topological polar surface area (TPSA) is 64.1 Å². The van der Waals surface area contributed by atoms with E-state index in [9.17, 15) is 9.18 Å². The third-order valence-electron chi connectivity index (χ3n) is 3.45. The number of benzene rings is 1. The van der Waals surface area contributed by atoms with Gasteiger partial charge in [0.15, 0.2) is 4.34 Å². The molecule has 0 spiro atoms. The third-order valence-corrected chi connectivity index (χ3v) is 6.63. The summed E-state index contributed by atoms with van der Waals surface area (Å²) in [4.78, 5) is 12.8. The normalized spacial score (nSPS) is 11.7. The first kappa shape index (κ1) is 20.0. The van der Waals surface area contributed by atoms with Gasteiger partial charge in [-0.15, -0.1) is 21.5 Å². The smallest absolute Gasteiger partial charge is 0.348 e. The molecule has 0 aliphatic carbocycles. The Morgan fingerprint density at radius 1 is 1.30 bits per heavy atom. The van der Waals surface area contributed by atoms with Gasteiger partial charge in [-0.2, -0.15) is 0 Å². The minimum Gasteiger partial charge on any atom is -0.462 e. The molecule has 3 rings (SSSR count). The van der Waals surface area contributed by atoms with Crippen LogP contribution in [0.3, 0.4) is 0 Å². The minimum atomic E-state index is -0.416. The molecule has 0 aliphatic rings. The van der Waals surface area contributed by atoms with Crippen molar-refractivity contribution in [1.82, 2.24) is 10.2 Å². The van der Waals surface area contributed by atoms with Crippen molar-refractivity contribution in [3.05, 3.63) is 34.5 Å². The number of ether oxygens (including phenoxy) is 1. The highest BCUT2D eigenvalue weighted by atomic mass is 32.2. The highest BCUT2D eigenvalue weighted by Gasteiger charge is 2.22. The Morgan fingerprint density at radius 2 is 2.07 bits per heavy atom. The second-order valence-corrected chi connectivity index (χ2v) is 10.0. The number of carbonyl (C=O) groups is 1. The molecule has 1 N–H and O–H groups in total. The number of nitrogens with zero attached hydrogens (tertiary/aromatic N) is 2. The largest absolute Gasteiger partial charge is 0.462 e. The Balaban J connectivity index is 1.87. The average Bonchev–Trinajstić information content (AvgIpc) is 3.16. The van der Waals surface area contributed by atoms with E-state index in [1.165, 1.54) is 40.5 Å². The monoisotopic (exact) mass is 425 g/mol. The number of carbonyl (C=O) groups excluding carboxylic acids is 1. The first-order valence-corrected chi connectivity index (χ1v) is 11.0. The summed E-state index contributed by atoms with van der Waals surface area (Å²) >= 11 is 4.14. The van der Waals surface area contributed by atoms with Crippen LogP contribution < -0.4 is 5.32 Å². The summed E-state index contributed by atoms with van der Waals surface area (Å²) in [6, 6.07) is 4.87. The van der Waals surface area contributed by atoms with Gasteiger partial charge in [0.1, 0.15) is 10.7 Å². The molecule has 9 heteroatoms. The number of hydrogen-bond donors (Lipinski definition) is 1. The predicted molar refractivity (Wildman–Crippen MR) is 111 cm³/mol. The molecule has 5 nitrogen and oxygen atoms in total. The van der Waals surface area contributed by atoms with Crippen molar-refractivity contribution in [1.29, 1.82) is 0 Å². The zero-order valence-corrected chi connectivity index (χ0v) is 17.9. The van der Waals surface area contributed by atoms with Gasteiger partial charge in [0.25, 0.3) is 0 Å². The van der Waals surface area contributed by atoms with Gasteiger partial charge in [0, 0.05) is 21.4 Å². The number of hydrogen-bond acceptors (Lipinski definition) is 8. The number of esters is 1. The van der Waals surface area contributed by atoms with E-state index < -0.39 is 5.97 Å². The summed E-state index contributed by atoms with van der Waals surface area (Å²) in [7, 11) is 0. The van der Waals surface area contributed by atoms with E-state index in [2.05, 4.69) is 15.5 Å². The van der Waals surface area contributed by atoms with E-state index in [1.54, 1.807) is 13.0 Å². The van der Waals surface area contributed by atoms with Crippen molar-refractivity contribution in [3.63, 3.8) is 0 Å². The lowest BCUT2D eigenvalue weighted by atomic mass is 10.1. The third kappa shape index (κ3) is 4.77. The zero-order valence-electron chi connectivity index (χ0n) is 15.5. The van der Waals surface area contributed by atoms with E-state index >= 15 is 0 Å². The van der Waals surface area contributed by atoms with Crippen LogP contribution in [0.4, 0.5) is 9.52 Å². The van der Waals surface area contributed by atoms with Crippen molar-refractivity contribution in [2.24, 2.45) is 0 Å². The Hall–Kier alpha value is -1.71. The van der Waals surface area contributed by atoms with Crippen LogP contribution in [0.15, 0.2) is 22.5 Å². The number of anilines is 1. The van der Waals surface area contributed by atoms with Crippen LogP contribution in [0.5, 0.6) is 0 Å². The number of thioether (sulfide) groups is 1. The molecule has 1 aromatic carbocycles. The maximum Gasteiger partial charge on any atom is 0.348 e. The second kappa shape index (κ2) is 8.12. The van der Waals surface area contributed by atoms with Crippen LogP contribution in [-0.2, 0) is 10.5 Å². The first-order chi connectivity index (χ1) is 12.8. The van der Waals surface area contributed by atoms with Crippen molar-refractivity contribution >= 4 is 55.6 Å². The van der Waals surface area contributed by atoms with Gasteiger partial charge in [-0.3, -0.25) is 0 Å². The zero-order chi connectivity index (χ0) is 19.6. The lowest BCUT2D eigenvalue weighted by molar-refractivity contribution is 0.0531. The molecule has 27 heavy (non-hydrogen) atoms. The molecule has 0 fully saturated rings. The molecule has 0 bridgehead atoms. The molecule has 144 valence electrons. The standard InChI is InChI=1S/C18H20FN3O2S3/c1-5-24-15(23)14-10(13-11(19)7-6-8-12(13)26-14)9-25-17-22-21-16(27-17)20-18(2,3)4/h6-8H,5,9H2,1-4H3,(H,20,21). The van der Waals surface area contributed by atoms with Gasteiger partial charge in [-0.1, -0.05) is 29.2 Å². The van der Waals surface area contributed by atoms with Crippen molar-refractivity contribution in [2.75, 3.05) is 11.9 Å². The fourth-order valence-corrected chi connectivity index (χ4v) is 5.65. The molecule has 0 saturated carbocycles. The summed E-state index contributed by atoms with van der Waals surface area (Å²) in [6.07, 6.45) is 0. The molecule has 3 aromatic rings. The number of fused-ring (bicyclic) bond motifs is 1. The molecule has 0 amide bonds. The van der Waals surface area contributed by atoms with Crippen LogP contribution in [0.25, 0.3) is 10.1 Å². The number of nitrogens with one attached hydrogen (secondary N) is 1. The van der Waals surface area contributed by atoms with Crippen LogP contribution >= 0.6 is 34.4 Å². The number of halogens is 1. The lowest BCUT2D eigenvalue weighted by Gasteiger charge is -2.18. The number of rotatable bonds is 6. The molecule has 0 saturated heterocycles. The first-order valence-electron chi connectivity index (χ1n) is 8.40. The van der Waals surface area contributed by atoms with Crippen LogP contribution in [0.2, 0.25) is 0 Å². The highest BCUT2D eigenvalue weighted by Crippen LogP contribution is 2.38. The number of thiophene rings is 1. The summed E-state index contributed by atoms with van der Waals surface area (Å²) < 4.78 is 21.1. The van der Waals surface area contributed by atoms with Crippen molar-refractivity contribution < 1.29 is 13.9 Å². The van der Waals surface area contributed by atoms with Gasteiger partial charge < -0.3 is 10.1 Å². The van der Waals surface area contributed by atoms with Crippen molar-refractivity contribution in [2.45, 2.75) is 43.3 Å². The Labute approximate surface area is 169 Å². The molecule has 0 unspecified atom stereocenters. The molecule has 0 atom stereocenters. The summed E-state index contributed by atoms with van der Waals surface area (Å²) in [5.41, 5.74) is 0.544. The molecule has 2 heterocycles. The lowest BCUT2D eigenvalue weighted by Crippen LogP contribution is -2.25. The van der Waals surface area contributed by atoms with Crippen LogP contribution in [0, 0.1) is 5.82 Å². The summed E-state index contributed by atoms with van der Waals surface area (Å²) in [6.45, 7) is 8.18. The molecule has 0 radical (unpaired) electrons. The molecule has 0 aliphatic heterocycles. The fraction of sp³-hybridized carbons (Fsp3) is 0.389. The van der Waals surface area contributed by atoms with Gasteiger partial charge in [0.2, 0.25) is 5.13 Å². The molecular weight excluding hydrogens is 405 g/mol. The maximum atomic E-state index is 14.4. The highest BCUT2D eigenvalue weighted by molar-refractivity contribution is 8.00. The summed E-state index contributed by atoms with van der Waals surface area (Å²) in [5.74, 6) is -0.331. The average molecular weight is 426 g/mol. The second-order valence-electron chi connectivity index (χ2n) is 6.78. The van der Waals surface area contributed by atoms with Crippen LogP contribution in [-0.4, -0.2) is 28.3 Å². The Kier molecular flexibility index (Phi) is 6.02. The van der Waals surface area contributed by atoms with E-state index in [-0.39, 0.29) is 18.0 Å². The predicted octanol–water partition coefficient (Wildman–Crippen LogP) is 5.57. The minimum absolute atomic E-state index is 0.106. The molecule has 2 aromatic heterocycles. The quantitative estimate of drug-likeness (QED) is 0.411. The molecular formula is C18H20FN3O2S3. The van der Waals surface area contributed by atoms with Gasteiger partial charge in [0.05, 0.1) is 6.61 Å². The van der Waals surface area contributed by atoms with E-state index in [0.29, 0.717) is 21.6 Å². The van der Waals surface area contributed by atoms with E-state index in [0.717, 1.165) is 14.2 Å². The van der Waals surface area contributed by atoms with Crippen molar-refractivity contribution in [3.8, 4) is 0 Å². The summed E-state index contributed by atoms with van der Waals surface area (Å²) in [5, 5.41) is 12.8. The SMILES string of the molecule is CCOC(=O)c1sc2cccc(F)c2c1CSc1nnc(NC(C)(C)C)s1. The number of aromatic nitrogens is 2. The maximum absolute atomic E-state index is 14.4. The van der Waals surface area contributed by atoms with Gasteiger partial charge >= 0.3 is 5.97 Å². The Morgan fingerprint density at radius 3 is 2.78 bits per heavy atom. The Bertz CT molecular complexity index is 963. The van der Waals surface area contributed by atoms with E-state index in [4.69, 9.17) is 4.74 Å².